The number of nitrogens with one attached hydrogen (secondary N) is 2. The molecule has 0 aliphatic carbocycles. The first-order valence-corrected chi connectivity index (χ1v) is 9.11. The van der Waals surface area contributed by atoms with Gasteiger partial charge in [0.05, 0.1) is 5.75 Å². The molecular formula is C16H18ClN3O5S. The van der Waals surface area contributed by atoms with E-state index >= 15 is 0 Å². The highest BCUT2D eigenvalue weighted by Crippen LogP contribution is 2.20. The second-order valence-corrected chi connectivity index (χ2v) is 7.18. The maximum atomic E-state index is 12.1. The number of amides is 4. The summed E-state index contributed by atoms with van der Waals surface area (Å²) in [6.07, 6.45) is 0.376. The zero-order chi connectivity index (χ0) is 19.3. The molecule has 10 heteroatoms. The van der Waals surface area contributed by atoms with Crippen LogP contribution in [0.1, 0.15) is 20.3 Å². The largest absolute Gasteiger partial charge is 0.455 e. The summed E-state index contributed by atoms with van der Waals surface area (Å²) in [6.45, 7) is 2.71. The summed E-state index contributed by atoms with van der Waals surface area (Å²) in [6, 6.07) is 6.19. The fourth-order valence-electron chi connectivity index (χ4n) is 2.04. The molecule has 0 bridgehead atoms. The van der Waals surface area contributed by atoms with Gasteiger partial charge in [-0.3, -0.25) is 19.8 Å². The van der Waals surface area contributed by atoms with Gasteiger partial charge in [0.25, 0.3) is 11.8 Å². The minimum Gasteiger partial charge on any atom is -0.455 e. The number of benzene rings is 1. The van der Waals surface area contributed by atoms with Gasteiger partial charge in [-0.05, 0) is 37.6 Å². The Hall–Kier alpha value is -2.26. The molecule has 0 spiro atoms. The fraction of sp³-hybridized carbons (Fsp3) is 0.375. The number of rotatable bonds is 7. The van der Waals surface area contributed by atoms with Gasteiger partial charge >= 0.3 is 12.0 Å². The maximum absolute atomic E-state index is 12.1. The van der Waals surface area contributed by atoms with Crippen LogP contribution in [0, 0.1) is 0 Å². The van der Waals surface area contributed by atoms with Gasteiger partial charge in [-0.15, -0.1) is 11.8 Å². The average molecular weight is 400 g/mol. The summed E-state index contributed by atoms with van der Waals surface area (Å²) < 4.78 is 4.84. The van der Waals surface area contributed by atoms with Gasteiger partial charge in [-0.1, -0.05) is 18.5 Å². The summed E-state index contributed by atoms with van der Waals surface area (Å²) >= 11 is 7.01. The Bertz CT molecular complexity index is 727. The van der Waals surface area contributed by atoms with Crippen LogP contribution in [0.4, 0.5) is 4.79 Å². The van der Waals surface area contributed by atoms with Crippen molar-refractivity contribution < 1.29 is 23.9 Å². The van der Waals surface area contributed by atoms with E-state index in [-0.39, 0.29) is 5.75 Å². The van der Waals surface area contributed by atoms with Gasteiger partial charge in [-0.2, -0.15) is 5.01 Å². The summed E-state index contributed by atoms with van der Waals surface area (Å²) in [5.74, 6) is -1.94. The molecule has 26 heavy (non-hydrogen) atoms. The Balaban J connectivity index is 1.76. The third kappa shape index (κ3) is 4.89. The van der Waals surface area contributed by atoms with Crippen molar-refractivity contribution in [2.75, 3.05) is 12.4 Å². The Kier molecular flexibility index (Phi) is 6.49. The van der Waals surface area contributed by atoms with Crippen molar-refractivity contribution in [2.24, 2.45) is 0 Å². The maximum Gasteiger partial charge on any atom is 0.344 e. The molecule has 8 nitrogen and oxygen atoms in total. The van der Waals surface area contributed by atoms with Gasteiger partial charge < -0.3 is 10.1 Å². The molecule has 1 aromatic carbocycles. The Morgan fingerprint density at radius 1 is 1.31 bits per heavy atom. The number of ether oxygens (including phenoxy) is 1. The number of esters is 1. The van der Waals surface area contributed by atoms with Crippen molar-refractivity contribution >= 4 is 47.2 Å². The summed E-state index contributed by atoms with van der Waals surface area (Å²) in [5, 5.41) is 3.68. The summed E-state index contributed by atoms with van der Waals surface area (Å²) in [4.78, 5) is 48.3. The van der Waals surface area contributed by atoms with E-state index in [1.54, 1.807) is 38.1 Å². The Labute approximate surface area is 159 Å². The molecule has 0 aromatic heterocycles. The van der Waals surface area contributed by atoms with Gasteiger partial charge in [0.1, 0.15) is 5.54 Å². The van der Waals surface area contributed by atoms with E-state index in [2.05, 4.69) is 10.7 Å². The molecule has 1 unspecified atom stereocenters. The normalized spacial score (nSPS) is 19.3. The van der Waals surface area contributed by atoms with E-state index in [1.165, 1.54) is 11.8 Å². The highest BCUT2D eigenvalue weighted by Gasteiger charge is 2.47. The predicted octanol–water partition coefficient (Wildman–Crippen LogP) is 1.73. The average Bonchev–Trinajstić information content (AvgIpc) is 2.83. The number of hydrazine groups is 1. The summed E-state index contributed by atoms with van der Waals surface area (Å²) in [7, 11) is 0. The zero-order valence-electron chi connectivity index (χ0n) is 14.2. The number of carbonyl (C=O) groups is 4. The molecule has 1 aromatic rings. The van der Waals surface area contributed by atoms with Crippen LogP contribution < -0.4 is 10.7 Å². The highest BCUT2D eigenvalue weighted by atomic mass is 35.5. The van der Waals surface area contributed by atoms with E-state index in [4.69, 9.17) is 16.3 Å². The van der Waals surface area contributed by atoms with Gasteiger partial charge in [0, 0.05) is 9.92 Å². The monoisotopic (exact) mass is 399 g/mol. The lowest BCUT2D eigenvalue weighted by molar-refractivity contribution is -0.148. The third-order valence-corrected chi connectivity index (χ3v) is 4.98. The molecule has 1 heterocycles. The van der Waals surface area contributed by atoms with Crippen LogP contribution in [0.2, 0.25) is 5.02 Å². The molecule has 1 aliphatic rings. The number of halogens is 1. The summed E-state index contributed by atoms with van der Waals surface area (Å²) in [5.41, 5.74) is 1.08. The van der Waals surface area contributed by atoms with Crippen molar-refractivity contribution in [3.8, 4) is 0 Å². The number of hydrogen-bond donors (Lipinski definition) is 2. The molecule has 2 N–H and O–H groups in total. The molecule has 1 saturated heterocycles. The molecule has 0 radical (unpaired) electrons. The third-order valence-electron chi connectivity index (χ3n) is 3.74. The lowest BCUT2D eigenvalue weighted by Crippen LogP contribution is -2.49. The van der Waals surface area contributed by atoms with Crippen LogP contribution in [-0.2, 0) is 19.1 Å². The van der Waals surface area contributed by atoms with Gasteiger partial charge in [0.2, 0.25) is 0 Å². The SMILES string of the molecule is CCC1(C)NC(=O)N(NC(=O)COC(=O)CSc2ccc(Cl)cc2)C1=O. The van der Waals surface area contributed by atoms with Crippen LogP contribution in [0.15, 0.2) is 29.2 Å². The smallest absolute Gasteiger partial charge is 0.344 e. The number of nitrogens with zero attached hydrogens (tertiary/aromatic N) is 1. The van der Waals surface area contributed by atoms with Crippen molar-refractivity contribution in [3.05, 3.63) is 29.3 Å². The van der Waals surface area contributed by atoms with E-state index in [1.807, 2.05) is 0 Å². The van der Waals surface area contributed by atoms with Crippen molar-refractivity contribution in [1.29, 1.82) is 0 Å². The molecule has 1 aliphatic heterocycles. The lowest BCUT2D eigenvalue weighted by Gasteiger charge is -2.19. The number of urea groups is 1. The van der Waals surface area contributed by atoms with Crippen LogP contribution in [0.5, 0.6) is 0 Å². The fourth-order valence-corrected chi connectivity index (χ4v) is 2.87. The molecule has 1 atom stereocenters. The van der Waals surface area contributed by atoms with Crippen molar-refractivity contribution in [2.45, 2.75) is 30.7 Å². The second-order valence-electron chi connectivity index (χ2n) is 5.69. The van der Waals surface area contributed by atoms with Crippen molar-refractivity contribution in [1.82, 2.24) is 15.8 Å². The van der Waals surface area contributed by atoms with Crippen LogP contribution >= 0.6 is 23.4 Å². The standard InChI is InChI=1S/C16H18ClN3O5S/c1-3-16(2)14(23)20(15(24)18-16)19-12(21)8-25-13(22)9-26-11-6-4-10(17)5-7-11/h4-7H,3,8-9H2,1-2H3,(H,18,24)(H,19,21). The Morgan fingerprint density at radius 3 is 2.54 bits per heavy atom. The van der Waals surface area contributed by atoms with Crippen LogP contribution in [0.25, 0.3) is 0 Å². The molecule has 4 amide bonds. The molecule has 0 saturated carbocycles. The lowest BCUT2D eigenvalue weighted by atomic mass is 10.00. The number of hydrogen-bond acceptors (Lipinski definition) is 6. The molecule has 1 fully saturated rings. The number of thioether (sulfide) groups is 1. The van der Waals surface area contributed by atoms with E-state index in [0.717, 1.165) is 4.90 Å². The van der Waals surface area contributed by atoms with E-state index in [0.29, 0.717) is 16.5 Å². The predicted molar refractivity (Wildman–Crippen MR) is 95.4 cm³/mol. The van der Waals surface area contributed by atoms with Crippen LogP contribution in [-0.4, -0.2) is 46.7 Å². The van der Waals surface area contributed by atoms with E-state index in [9.17, 15) is 19.2 Å². The van der Waals surface area contributed by atoms with Gasteiger partial charge in [-0.25, -0.2) is 4.79 Å². The first-order valence-electron chi connectivity index (χ1n) is 7.75. The topological polar surface area (TPSA) is 105 Å². The molecular weight excluding hydrogens is 382 g/mol. The molecule has 2 rings (SSSR count). The van der Waals surface area contributed by atoms with Gasteiger partial charge in [0.15, 0.2) is 6.61 Å². The quantitative estimate of drug-likeness (QED) is 0.411. The first kappa shape index (κ1) is 20.1. The number of imide groups is 1. The first-order chi connectivity index (χ1) is 12.2. The minimum atomic E-state index is -1.06. The highest BCUT2D eigenvalue weighted by molar-refractivity contribution is 8.00. The zero-order valence-corrected chi connectivity index (χ0v) is 15.8. The van der Waals surface area contributed by atoms with E-state index < -0.39 is 36.0 Å². The second kappa shape index (κ2) is 8.41. The van der Waals surface area contributed by atoms with Crippen molar-refractivity contribution in [3.63, 3.8) is 0 Å². The Morgan fingerprint density at radius 2 is 1.96 bits per heavy atom. The minimum absolute atomic E-state index is 0.00590. The molecule has 140 valence electrons. The van der Waals surface area contributed by atoms with Crippen LogP contribution in [0.3, 0.4) is 0 Å². The number of carbonyl (C=O) groups excluding carboxylic acids is 4.